The van der Waals surface area contributed by atoms with Crippen molar-refractivity contribution in [3.05, 3.63) is 0 Å². The van der Waals surface area contributed by atoms with Gasteiger partial charge in [0.25, 0.3) is 0 Å². The number of halogens is 1. The van der Waals surface area contributed by atoms with Crippen molar-refractivity contribution in [2.45, 2.75) is 25.5 Å². The number of hydroxylamine groups is 2. The van der Waals surface area contributed by atoms with Crippen LogP contribution in [0.25, 0.3) is 0 Å². The Hall–Kier alpha value is -0.320. The van der Waals surface area contributed by atoms with E-state index in [0.717, 1.165) is 12.8 Å². The monoisotopic (exact) mass is 179 g/mol. The van der Waals surface area contributed by atoms with Crippen molar-refractivity contribution >= 4 is 17.0 Å². The Morgan fingerprint density at radius 3 is 2.91 bits per heavy atom. The highest BCUT2D eigenvalue weighted by atomic mass is 35.5. The van der Waals surface area contributed by atoms with Crippen molar-refractivity contribution in [3.63, 3.8) is 0 Å². The van der Waals surface area contributed by atoms with Crippen LogP contribution in [0.2, 0.25) is 0 Å². The van der Waals surface area contributed by atoms with Crippen molar-refractivity contribution in [1.29, 1.82) is 0 Å². The third kappa shape index (κ3) is 2.65. The fraction of sp³-hybridized carbons (Fsp3) is 0.833. The van der Waals surface area contributed by atoms with Crippen molar-refractivity contribution in [1.82, 2.24) is 5.06 Å². The summed E-state index contributed by atoms with van der Waals surface area (Å²) in [5.74, 6) is 0. The lowest BCUT2D eigenvalue weighted by atomic mass is 10.1. The van der Waals surface area contributed by atoms with Gasteiger partial charge in [0.1, 0.15) is 6.23 Å². The standard InChI is InChI=1S/C6H10ClNO3/c7-6(10)11-8-4-2-1-3-5(8)9/h5,9H,1-4H2. The molecule has 1 unspecified atom stereocenters. The molecular formula is C6H10ClNO3. The van der Waals surface area contributed by atoms with Gasteiger partial charge in [-0.2, -0.15) is 0 Å². The molecule has 0 aliphatic carbocycles. The lowest BCUT2D eigenvalue weighted by Gasteiger charge is -2.28. The second kappa shape index (κ2) is 3.90. The maximum Gasteiger partial charge on any atom is 0.422 e. The van der Waals surface area contributed by atoms with Crippen LogP contribution in [0.15, 0.2) is 0 Å². The molecule has 1 aliphatic heterocycles. The second-order valence-corrected chi connectivity index (χ2v) is 2.75. The Bertz CT molecular complexity index is 153. The molecule has 1 fully saturated rings. The lowest BCUT2D eigenvalue weighted by Crippen LogP contribution is -2.39. The quantitative estimate of drug-likeness (QED) is 0.612. The summed E-state index contributed by atoms with van der Waals surface area (Å²) < 4.78 is 0. The molecule has 0 radical (unpaired) electrons. The number of carbonyl (C=O) groups is 1. The molecular weight excluding hydrogens is 170 g/mol. The molecule has 4 nitrogen and oxygen atoms in total. The van der Waals surface area contributed by atoms with Crippen LogP contribution in [0.3, 0.4) is 0 Å². The van der Waals surface area contributed by atoms with E-state index in [1.165, 1.54) is 5.06 Å². The highest BCUT2D eigenvalue weighted by Gasteiger charge is 2.22. The minimum absolute atomic E-state index is 0.555. The minimum Gasteiger partial charge on any atom is -0.375 e. The third-order valence-corrected chi connectivity index (χ3v) is 1.68. The number of hydrogen-bond acceptors (Lipinski definition) is 4. The molecule has 0 aromatic carbocycles. The van der Waals surface area contributed by atoms with Crippen LogP contribution in [-0.4, -0.2) is 28.4 Å². The summed E-state index contributed by atoms with van der Waals surface area (Å²) >= 11 is 4.96. The van der Waals surface area contributed by atoms with Gasteiger partial charge >= 0.3 is 5.43 Å². The first-order valence-electron chi connectivity index (χ1n) is 3.52. The van der Waals surface area contributed by atoms with Gasteiger partial charge in [-0.05, 0) is 19.3 Å². The van der Waals surface area contributed by atoms with E-state index in [9.17, 15) is 9.90 Å². The molecule has 1 atom stereocenters. The van der Waals surface area contributed by atoms with Gasteiger partial charge in [-0.15, -0.1) is 5.06 Å². The molecule has 64 valence electrons. The normalized spacial score (nSPS) is 26.5. The first-order valence-corrected chi connectivity index (χ1v) is 3.90. The van der Waals surface area contributed by atoms with Gasteiger partial charge < -0.3 is 9.94 Å². The zero-order valence-corrected chi connectivity index (χ0v) is 6.75. The van der Waals surface area contributed by atoms with Crippen LogP contribution in [-0.2, 0) is 4.84 Å². The number of hydrogen-bond donors (Lipinski definition) is 1. The first-order chi connectivity index (χ1) is 5.20. The molecule has 0 bridgehead atoms. The SMILES string of the molecule is O=C(Cl)ON1CCCCC1O. The molecule has 1 N–H and O–H groups in total. The largest absolute Gasteiger partial charge is 0.422 e. The Morgan fingerprint density at radius 1 is 1.64 bits per heavy atom. The summed E-state index contributed by atoms with van der Waals surface area (Å²) in [4.78, 5) is 14.8. The first kappa shape index (κ1) is 8.77. The summed E-state index contributed by atoms with van der Waals surface area (Å²) in [5.41, 5.74) is -0.897. The van der Waals surface area contributed by atoms with Gasteiger partial charge in [-0.25, -0.2) is 4.79 Å². The fourth-order valence-electron chi connectivity index (χ4n) is 1.09. The Balaban J connectivity index is 2.35. The summed E-state index contributed by atoms with van der Waals surface area (Å²) in [6.45, 7) is 0.555. The predicted octanol–water partition coefficient (Wildman–Crippen LogP) is 1.08. The molecule has 11 heavy (non-hydrogen) atoms. The van der Waals surface area contributed by atoms with Gasteiger partial charge in [-0.1, -0.05) is 0 Å². The molecule has 5 heteroatoms. The Kier molecular flexibility index (Phi) is 3.11. The second-order valence-electron chi connectivity index (χ2n) is 2.45. The van der Waals surface area contributed by atoms with Crippen molar-refractivity contribution in [2.75, 3.05) is 6.54 Å². The van der Waals surface area contributed by atoms with E-state index in [4.69, 9.17) is 11.6 Å². The number of rotatable bonds is 1. The molecule has 1 aliphatic rings. The molecule has 1 heterocycles. The highest BCUT2D eigenvalue weighted by Crippen LogP contribution is 2.15. The van der Waals surface area contributed by atoms with Crippen LogP contribution in [0, 0.1) is 0 Å². The molecule has 0 aromatic heterocycles. The lowest BCUT2D eigenvalue weighted by molar-refractivity contribution is -0.203. The fourth-order valence-corrected chi connectivity index (χ4v) is 1.17. The summed E-state index contributed by atoms with van der Waals surface area (Å²) in [6, 6.07) is 0. The zero-order chi connectivity index (χ0) is 8.27. The summed E-state index contributed by atoms with van der Waals surface area (Å²) in [7, 11) is 0. The predicted molar refractivity (Wildman–Crippen MR) is 38.9 cm³/mol. The topological polar surface area (TPSA) is 49.8 Å². The molecule has 0 aromatic rings. The number of aliphatic hydroxyl groups excluding tert-OH is 1. The maximum atomic E-state index is 10.2. The molecule has 0 spiro atoms. The van der Waals surface area contributed by atoms with E-state index >= 15 is 0 Å². The van der Waals surface area contributed by atoms with Crippen LogP contribution < -0.4 is 0 Å². The van der Waals surface area contributed by atoms with Crippen molar-refractivity contribution in [3.8, 4) is 0 Å². The van der Waals surface area contributed by atoms with Gasteiger partial charge in [0.15, 0.2) is 0 Å². The molecule has 0 saturated carbocycles. The van der Waals surface area contributed by atoms with Gasteiger partial charge in [0, 0.05) is 18.1 Å². The van der Waals surface area contributed by atoms with E-state index in [2.05, 4.69) is 4.84 Å². The minimum atomic E-state index is -0.897. The van der Waals surface area contributed by atoms with Crippen molar-refractivity contribution < 1.29 is 14.7 Å². The van der Waals surface area contributed by atoms with Crippen LogP contribution in [0.4, 0.5) is 4.79 Å². The van der Waals surface area contributed by atoms with E-state index < -0.39 is 11.7 Å². The summed E-state index contributed by atoms with van der Waals surface area (Å²) in [6.07, 6.45) is 1.81. The highest BCUT2D eigenvalue weighted by molar-refractivity contribution is 6.61. The number of aliphatic hydroxyl groups is 1. The Labute approximate surface area is 69.6 Å². The molecule has 0 amide bonds. The van der Waals surface area contributed by atoms with Crippen LogP contribution in [0.1, 0.15) is 19.3 Å². The van der Waals surface area contributed by atoms with Crippen molar-refractivity contribution in [2.24, 2.45) is 0 Å². The Morgan fingerprint density at radius 2 is 2.36 bits per heavy atom. The van der Waals surface area contributed by atoms with Gasteiger partial charge in [0.05, 0.1) is 0 Å². The number of nitrogens with zero attached hydrogens (tertiary/aromatic N) is 1. The van der Waals surface area contributed by atoms with E-state index in [-0.39, 0.29) is 0 Å². The molecule has 1 rings (SSSR count). The average Bonchev–Trinajstić information content (AvgIpc) is 1.93. The number of carbonyl (C=O) groups excluding carboxylic acids is 1. The zero-order valence-electron chi connectivity index (χ0n) is 5.99. The van der Waals surface area contributed by atoms with Crippen LogP contribution >= 0.6 is 11.6 Å². The van der Waals surface area contributed by atoms with Crippen LogP contribution in [0.5, 0.6) is 0 Å². The number of piperidine rings is 1. The maximum absolute atomic E-state index is 10.2. The van der Waals surface area contributed by atoms with E-state index in [0.29, 0.717) is 13.0 Å². The third-order valence-electron chi connectivity index (χ3n) is 1.61. The van der Waals surface area contributed by atoms with Gasteiger partial charge in [0.2, 0.25) is 0 Å². The van der Waals surface area contributed by atoms with E-state index in [1.54, 1.807) is 0 Å². The van der Waals surface area contributed by atoms with Gasteiger partial charge in [-0.3, -0.25) is 0 Å². The molecule has 1 saturated heterocycles. The summed E-state index contributed by atoms with van der Waals surface area (Å²) in [5, 5.41) is 10.4. The average molecular weight is 180 g/mol. The smallest absolute Gasteiger partial charge is 0.375 e. The van der Waals surface area contributed by atoms with E-state index in [1.807, 2.05) is 0 Å².